The number of nitrogens with zero attached hydrogens (tertiary/aromatic N) is 1. The van der Waals surface area contributed by atoms with E-state index >= 15 is 0 Å². The van der Waals surface area contributed by atoms with Crippen LogP contribution in [0, 0.1) is 0 Å². The third-order valence-corrected chi connectivity index (χ3v) is 3.10. The van der Waals surface area contributed by atoms with Crippen LogP contribution in [0.5, 0.6) is 0 Å². The first-order chi connectivity index (χ1) is 10.2. The predicted octanol–water partition coefficient (Wildman–Crippen LogP) is 2.61. The second-order valence-electron chi connectivity index (χ2n) is 7.57. The van der Waals surface area contributed by atoms with E-state index in [4.69, 9.17) is 9.47 Å². The molecule has 0 bridgehead atoms. The third-order valence-electron chi connectivity index (χ3n) is 3.10. The van der Waals surface area contributed by atoms with Crippen LogP contribution >= 0.6 is 0 Å². The van der Waals surface area contributed by atoms with Crippen molar-refractivity contribution in [3.8, 4) is 0 Å². The van der Waals surface area contributed by atoms with Crippen LogP contribution in [-0.2, 0) is 19.1 Å². The molecule has 0 saturated heterocycles. The fourth-order valence-corrected chi connectivity index (χ4v) is 2.08. The van der Waals surface area contributed by atoms with Gasteiger partial charge >= 0.3 is 12.1 Å². The van der Waals surface area contributed by atoms with E-state index in [-0.39, 0.29) is 17.1 Å². The highest BCUT2D eigenvalue weighted by atomic mass is 16.6. The minimum Gasteiger partial charge on any atom is -0.458 e. The molecule has 0 heterocycles. The Bertz CT molecular complexity index is 552. The molecule has 0 aromatic rings. The average Bonchev–Trinajstić information content (AvgIpc) is 2.62. The lowest BCUT2D eigenvalue weighted by atomic mass is 9.93. The van der Waals surface area contributed by atoms with Crippen molar-refractivity contribution in [2.75, 3.05) is 0 Å². The maximum absolute atomic E-state index is 12.6. The van der Waals surface area contributed by atoms with E-state index < -0.39 is 34.6 Å². The maximum atomic E-state index is 12.6. The molecule has 1 atom stereocenters. The highest BCUT2D eigenvalue weighted by Crippen LogP contribution is 2.34. The number of carbonyl (C=O) groups is 3. The number of carbonyl (C=O) groups excluding carboxylic acids is 3. The summed E-state index contributed by atoms with van der Waals surface area (Å²) >= 11 is 0. The molecule has 0 fully saturated rings. The number of ketones is 1. The van der Waals surface area contributed by atoms with Gasteiger partial charge in [-0.3, -0.25) is 10.0 Å². The monoisotopic (exact) mass is 327 g/mol. The van der Waals surface area contributed by atoms with Gasteiger partial charge in [-0.05, 0) is 54.0 Å². The van der Waals surface area contributed by atoms with Crippen molar-refractivity contribution in [3.05, 3.63) is 11.6 Å². The zero-order valence-corrected chi connectivity index (χ0v) is 14.7. The minimum atomic E-state index is -2.14. The summed E-state index contributed by atoms with van der Waals surface area (Å²) < 4.78 is 10.3. The van der Waals surface area contributed by atoms with Crippen molar-refractivity contribution < 1.29 is 29.1 Å². The van der Waals surface area contributed by atoms with E-state index in [1.54, 1.807) is 41.5 Å². The number of amides is 1. The lowest BCUT2D eigenvalue weighted by Crippen LogP contribution is -2.61. The van der Waals surface area contributed by atoms with Crippen LogP contribution in [0.15, 0.2) is 11.6 Å². The molecule has 7 nitrogen and oxygen atoms in total. The molecule has 1 N–H and O–H groups in total. The molecule has 7 heteroatoms. The van der Waals surface area contributed by atoms with Crippen molar-refractivity contribution >= 4 is 17.8 Å². The molecular weight excluding hydrogens is 302 g/mol. The van der Waals surface area contributed by atoms with Crippen LogP contribution in [0.2, 0.25) is 0 Å². The Morgan fingerprint density at radius 1 is 1.13 bits per heavy atom. The van der Waals surface area contributed by atoms with Gasteiger partial charge in [-0.15, -0.1) is 0 Å². The van der Waals surface area contributed by atoms with E-state index in [2.05, 4.69) is 0 Å². The van der Waals surface area contributed by atoms with Crippen LogP contribution in [0.4, 0.5) is 4.79 Å². The van der Waals surface area contributed by atoms with Crippen LogP contribution in [0.1, 0.15) is 54.9 Å². The quantitative estimate of drug-likeness (QED) is 0.363. The Balaban J connectivity index is 3.20. The molecule has 1 unspecified atom stereocenters. The van der Waals surface area contributed by atoms with Crippen molar-refractivity contribution in [1.82, 2.24) is 5.06 Å². The maximum Gasteiger partial charge on any atom is 0.435 e. The first kappa shape index (κ1) is 19.2. The molecule has 0 aromatic carbocycles. The molecule has 1 aliphatic rings. The second-order valence-corrected chi connectivity index (χ2v) is 7.57. The first-order valence-electron chi connectivity index (χ1n) is 7.38. The van der Waals surface area contributed by atoms with E-state index in [0.29, 0.717) is 0 Å². The normalized spacial score (nSPS) is 21.7. The van der Waals surface area contributed by atoms with Gasteiger partial charge in [0.15, 0.2) is 5.78 Å². The summed E-state index contributed by atoms with van der Waals surface area (Å²) in [5.41, 5.74) is -3.63. The molecule has 0 aliphatic heterocycles. The van der Waals surface area contributed by atoms with Gasteiger partial charge in [0, 0.05) is 6.42 Å². The Labute approximate surface area is 136 Å². The number of hydrogen-bond acceptors (Lipinski definition) is 6. The molecule has 0 aromatic heterocycles. The zero-order valence-electron chi connectivity index (χ0n) is 14.7. The van der Waals surface area contributed by atoms with E-state index in [9.17, 15) is 19.6 Å². The summed E-state index contributed by atoms with van der Waals surface area (Å²) in [7, 11) is 0. The molecule has 1 rings (SSSR count). The topological polar surface area (TPSA) is 93.1 Å². The van der Waals surface area contributed by atoms with Gasteiger partial charge in [-0.25, -0.2) is 9.59 Å². The largest absolute Gasteiger partial charge is 0.458 e. The highest BCUT2D eigenvalue weighted by Gasteiger charge is 2.58. The number of hydroxylamine groups is 2. The molecule has 0 spiro atoms. The van der Waals surface area contributed by atoms with Crippen LogP contribution < -0.4 is 0 Å². The van der Waals surface area contributed by atoms with Gasteiger partial charge in [0.05, 0.1) is 0 Å². The first-order valence-corrected chi connectivity index (χ1v) is 7.38. The van der Waals surface area contributed by atoms with E-state index in [1.165, 1.54) is 13.0 Å². The molecule has 0 radical (unpaired) electrons. The van der Waals surface area contributed by atoms with Gasteiger partial charge < -0.3 is 9.47 Å². The summed E-state index contributed by atoms with van der Waals surface area (Å²) in [5, 5.41) is 10.3. The van der Waals surface area contributed by atoms with Crippen molar-refractivity contribution in [2.24, 2.45) is 0 Å². The number of esters is 1. The average molecular weight is 327 g/mol. The zero-order chi connectivity index (χ0) is 18.2. The fraction of sp³-hybridized carbons (Fsp3) is 0.688. The van der Waals surface area contributed by atoms with Gasteiger partial charge in [0.1, 0.15) is 11.2 Å². The number of rotatable bonds is 2. The van der Waals surface area contributed by atoms with Gasteiger partial charge in [0.25, 0.3) is 0 Å². The minimum absolute atomic E-state index is 0.0572. The lowest BCUT2D eigenvalue weighted by molar-refractivity contribution is -0.198. The Hall–Kier alpha value is -1.89. The number of Topliss-reactive ketones (excluding diaryl/α,β-unsaturated/α-hetero) is 1. The van der Waals surface area contributed by atoms with Crippen molar-refractivity contribution in [3.63, 3.8) is 0 Å². The molecule has 130 valence electrons. The van der Waals surface area contributed by atoms with Crippen LogP contribution in [0.3, 0.4) is 0 Å². The van der Waals surface area contributed by atoms with E-state index in [1.807, 2.05) is 0 Å². The SMILES string of the molecule is CC1=CCC(C(=O)OC(C)(C)C)(N(O)C(=O)OC(C)(C)C)C1=O. The molecule has 0 saturated carbocycles. The fourth-order valence-electron chi connectivity index (χ4n) is 2.08. The summed E-state index contributed by atoms with van der Waals surface area (Å²) in [5.74, 6) is -1.67. The Morgan fingerprint density at radius 2 is 1.61 bits per heavy atom. The molecule has 1 aliphatic carbocycles. The summed E-state index contributed by atoms with van der Waals surface area (Å²) in [6, 6.07) is 0. The second kappa shape index (κ2) is 5.96. The summed E-state index contributed by atoms with van der Waals surface area (Å²) in [6.45, 7) is 11.2. The molecular formula is C16H25NO6. The van der Waals surface area contributed by atoms with Crippen molar-refractivity contribution in [1.29, 1.82) is 0 Å². The lowest BCUT2D eigenvalue weighted by Gasteiger charge is -2.35. The third kappa shape index (κ3) is 4.10. The molecule has 1 amide bonds. The summed E-state index contributed by atoms with van der Waals surface area (Å²) in [6.07, 6.45) is 0.141. The van der Waals surface area contributed by atoms with Gasteiger partial charge in [-0.1, -0.05) is 6.08 Å². The van der Waals surface area contributed by atoms with Crippen LogP contribution in [-0.4, -0.2) is 44.9 Å². The molecule has 23 heavy (non-hydrogen) atoms. The van der Waals surface area contributed by atoms with E-state index in [0.717, 1.165) is 0 Å². The Morgan fingerprint density at radius 3 is 1.96 bits per heavy atom. The van der Waals surface area contributed by atoms with Gasteiger partial charge in [0.2, 0.25) is 5.54 Å². The van der Waals surface area contributed by atoms with Gasteiger partial charge in [-0.2, -0.15) is 5.06 Å². The summed E-state index contributed by atoms with van der Waals surface area (Å²) in [4.78, 5) is 37.2. The number of ether oxygens (including phenoxy) is 2. The number of hydrogen-bond donors (Lipinski definition) is 1. The Kier molecular flexibility index (Phi) is 4.96. The van der Waals surface area contributed by atoms with Crippen molar-refractivity contribution in [2.45, 2.75) is 71.6 Å². The highest BCUT2D eigenvalue weighted by molar-refractivity contribution is 6.19. The van der Waals surface area contributed by atoms with Crippen LogP contribution in [0.25, 0.3) is 0 Å². The smallest absolute Gasteiger partial charge is 0.435 e. The standard InChI is InChI=1S/C16H25NO6/c1-10-8-9-16(11(10)18,12(19)22-14(2,3)4)17(21)13(20)23-15(5,6)7/h8,21H,9H2,1-7H3. The predicted molar refractivity (Wildman–Crippen MR) is 81.8 cm³/mol.